The van der Waals surface area contributed by atoms with Gasteiger partial charge in [0.2, 0.25) is 5.75 Å². The number of halogens is 1. The molecule has 0 heterocycles. The van der Waals surface area contributed by atoms with Crippen molar-refractivity contribution in [2.45, 2.75) is 39.0 Å². The summed E-state index contributed by atoms with van der Waals surface area (Å²) in [5.74, 6) is 2.44. The molecule has 7 heteroatoms. The number of aliphatic imine (C=N–C) groups is 1. The van der Waals surface area contributed by atoms with Crippen LogP contribution in [-0.4, -0.2) is 40.4 Å². The van der Waals surface area contributed by atoms with Crippen LogP contribution >= 0.6 is 24.0 Å². The molecule has 6 nitrogen and oxygen atoms in total. The van der Waals surface area contributed by atoms with E-state index in [0.717, 1.165) is 24.9 Å². The molecule has 0 atom stereocenters. The van der Waals surface area contributed by atoms with Gasteiger partial charge >= 0.3 is 0 Å². The number of nitrogens with one attached hydrogen (secondary N) is 1. The van der Waals surface area contributed by atoms with Crippen LogP contribution < -0.4 is 25.3 Å². The Hall–Kier alpha value is -1.38. The molecule has 0 bridgehead atoms. The van der Waals surface area contributed by atoms with E-state index in [0.29, 0.717) is 29.8 Å². The lowest BCUT2D eigenvalue weighted by Gasteiger charge is -2.16. The van der Waals surface area contributed by atoms with Gasteiger partial charge < -0.3 is 25.3 Å². The smallest absolute Gasteiger partial charge is 0.203 e. The summed E-state index contributed by atoms with van der Waals surface area (Å²) in [5, 5.41) is 3.14. The van der Waals surface area contributed by atoms with Gasteiger partial charge in [0.25, 0.3) is 0 Å². The third-order valence-corrected chi connectivity index (χ3v) is 3.78. The summed E-state index contributed by atoms with van der Waals surface area (Å²) < 4.78 is 16.2. The highest BCUT2D eigenvalue weighted by atomic mass is 127. The molecule has 0 saturated heterocycles. The van der Waals surface area contributed by atoms with E-state index in [1.165, 1.54) is 19.3 Å². The predicted octanol–water partition coefficient (Wildman–Crippen LogP) is 3.36. The molecule has 1 aromatic carbocycles. The number of nitrogens with two attached hydrogens (primary N) is 1. The van der Waals surface area contributed by atoms with Gasteiger partial charge in [-0.25, -0.2) is 0 Å². The Morgan fingerprint density at radius 2 is 1.76 bits per heavy atom. The fraction of sp³-hybridized carbons (Fsp3) is 0.611. The fourth-order valence-corrected chi connectivity index (χ4v) is 2.48. The molecule has 0 aliphatic heterocycles. The lowest BCUT2D eigenvalue weighted by Crippen LogP contribution is -2.33. The van der Waals surface area contributed by atoms with Crippen molar-refractivity contribution in [2.75, 3.05) is 34.4 Å². The largest absolute Gasteiger partial charge is 0.493 e. The van der Waals surface area contributed by atoms with Crippen molar-refractivity contribution in [3.8, 4) is 17.2 Å². The van der Waals surface area contributed by atoms with Crippen LogP contribution in [0.5, 0.6) is 17.2 Å². The second kappa shape index (κ2) is 13.9. The van der Waals surface area contributed by atoms with Crippen molar-refractivity contribution in [1.82, 2.24) is 5.32 Å². The zero-order valence-corrected chi connectivity index (χ0v) is 18.1. The van der Waals surface area contributed by atoms with Crippen LogP contribution in [0.1, 0.15) is 38.2 Å². The van der Waals surface area contributed by atoms with Gasteiger partial charge in [0.15, 0.2) is 17.5 Å². The maximum atomic E-state index is 5.89. The molecule has 0 saturated carbocycles. The Kier molecular flexibility index (Phi) is 13.1. The Bertz CT molecular complexity index is 525. The Balaban J connectivity index is 0.00000576. The third-order valence-electron chi connectivity index (χ3n) is 3.78. The first kappa shape index (κ1) is 23.6. The summed E-state index contributed by atoms with van der Waals surface area (Å²) in [5.41, 5.74) is 6.91. The molecular weight excluding hydrogens is 433 g/mol. The minimum Gasteiger partial charge on any atom is -0.493 e. The monoisotopic (exact) mass is 465 g/mol. The number of unbranched alkanes of at least 4 members (excludes halogenated alkanes) is 3. The number of nitrogens with zero attached hydrogens (tertiary/aromatic N) is 1. The van der Waals surface area contributed by atoms with Crippen LogP contribution in [0.3, 0.4) is 0 Å². The molecule has 144 valence electrons. The van der Waals surface area contributed by atoms with Crippen molar-refractivity contribution < 1.29 is 14.2 Å². The van der Waals surface area contributed by atoms with Crippen molar-refractivity contribution in [3.63, 3.8) is 0 Å². The van der Waals surface area contributed by atoms with E-state index >= 15 is 0 Å². The van der Waals surface area contributed by atoms with Gasteiger partial charge in [-0.3, -0.25) is 4.99 Å². The Morgan fingerprint density at radius 3 is 2.36 bits per heavy atom. The van der Waals surface area contributed by atoms with Gasteiger partial charge in [-0.2, -0.15) is 0 Å². The summed E-state index contributed by atoms with van der Waals surface area (Å²) in [7, 11) is 4.84. The zero-order chi connectivity index (χ0) is 17.8. The molecule has 0 amide bonds. The van der Waals surface area contributed by atoms with E-state index in [4.69, 9.17) is 19.9 Å². The number of hydrogen-bond acceptors (Lipinski definition) is 4. The molecule has 1 rings (SSSR count). The lowest BCUT2D eigenvalue weighted by atomic mass is 10.1. The minimum atomic E-state index is 0. The van der Waals surface area contributed by atoms with Gasteiger partial charge in [-0.15, -0.1) is 24.0 Å². The van der Waals surface area contributed by atoms with Gasteiger partial charge in [0.1, 0.15) is 0 Å². The van der Waals surface area contributed by atoms with Gasteiger partial charge in [-0.1, -0.05) is 32.3 Å². The van der Waals surface area contributed by atoms with E-state index in [1.54, 1.807) is 21.3 Å². The third kappa shape index (κ3) is 8.02. The highest BCUT2D eigenvalue weighted by Crippen LogP contribution is 2.39. The van der Waals surface area contributed by atoms with Crippen molar-refractivity contribution >= 4 is 29.9 Å². The van der Waals surface area contributed by atoms with E-state index < -0.39 is 0 Å². The SMILES string of the molecule is CCCCCCN=C(N)NCCc1ccc(OC)c(OC)c1OC.I. The molecule has 0 fully saturated rings. The van der Waals surface area contributed by atoms with Gasteiger partial charge in [-0.05, 0) is 18.9 Å². The average Bonchev–Trinajstić information content (AvgIpc) is 2.60. The van der Waals surface area contributed by atoms with Gasteiger partial charge in [0, 0.05) is 18.7 Å². The molecule has 0 unspecified atom stereocenters. The summed E-state index contributed by atoms with van der Waals surface area (Å²) in [6.07, 6.45) is 5.51. The van der Waals surface area contributed by atoms with E-state index in [9.17, 15) is 0 Å². The quantitative estimate of drug-likeness (QED) is 0.227. The van der Waals surface area contributed by atoms with Crippen LogP contribution in [0.25, 0.3) is 0 Å². The summed E-state index contributed by atoms with van der Waals surface area (Å²) in [6.45, 7) is 3.65. The van der Waals surface area contributed by atoms with Crippen molar-refractivity contribution in [1.29, 1.82) is 0 Å². The van der Waals surface area contributed by atoms with Crippen LogP contribution in [0, 0.1) is 0 Å². The van der Waals surface area contributed by atoms with Crippen LogP contribution in [0.15, 0.2) is 17.1 Å². The fourth-order valence-electron chi connectivity index (χ4n) is 2.48. The maximum absolute atomic E-state index is 5.89. The molecule has 0 spiro atoms. The Morgan fingerprint density at radius 1 is 1.04 bits per heavy atom. The molecule has 0 radical (unpaired) electrons. The van der Waals surface area contributed by atoms with E-state index in [2.05, 4.69) is 17.2 Å². The summed E-state index contributed by atoms with van der Waals surface area (Å²) >= 11 is 0. The molecule has 0 aliphatic rings. The zero-order valence-electron chi connectivity index (χ0n) is 15.8. The first-order chi connectivity index (χ1) is 11.7. The van der Waals surface area contributed by atoms with Crippen molar-refractivity contribution in [2.24, 2.45) is 10.7 Å². The first-order valence-corrected chi connectivity index (χ1v) is 8.49. The minimum absolute atomic E-state index is 0. The van der Waals surface area contributed by atoms with Crippen LogP contribution in [0.2, 0.25) is 0 Å². The molecule has 3 N–H and O–H groups in total. The normalized spacial score (nSPS) is 10.8. The predicted molar refractivity (Wildman–Crippen MR) is 114 cm³/mol. The maximum Gasteiger partial charge on any atom is 0.203 e. The van der Waals surface area contributed by atoms with Crippen LogP contribution in [0.4, 0.5) is 0 Å². The number of benzene rings is 1. The average molecular weight is 465 g/mol. The lowest BCUT2D eigenvalue weighted by molar-refractivity contribution is 0.322. The molecular formula is C18H32IN3O3. The van der Waals surface area contributed by atoms with E-state index in [1.807, 2.05) is 12.1 Å². The second-order valence-corrected chi connectivity index (χ2v) is 5.50. The number of methoxy groups -OCH3 is 3. The topological polar surface area (TPSA) is 78.1 Å². The highest BCUT2D eigenvalue weighted by Gasteiger charge is 2.15. The molecule has 0 aromatic heterocycles. The number of ether oxygens (including phenoxy) is 3. The number of guanidine groups is 1. The molecule has 0 aliphatic carbocycles. The number of rotatable bonds is 11. The summed E-state index contributed by atoms with van der Waals surface area (Å²) in [4.78, 5) is 4.34. The second-order valence-electron chi connectivity index (χ2n) is 5.50. The van der Waals surface area contributed by atoms with Crippen molar-refractivity contribution in [3.05, 3.63) is 17.7 Å². The molecule has 25 heavy (non-hydrogen) atoms. The van der Waals surface area contributed by atoms with Gasteiger partial charge in [0.05, 0.1) is 21.3 Å². The molecule has 1 aromatic rings. The van der Waals surface area contributed by atoms with E-state index in [-0.39, 0.29) is 24.0 Å². The standard InChI is InChI=1S/C18H31N3O3.HI/c1-5-6-7-8-12-20-18(19)21-13-11-14-9-10-15(22-2)17(24-4)16(14)23-3;/h9-10H,5-8,11-13H2,1-4H3,(H3,19,20,21);1H. The number of hydrogen-bond donors (Lipinski definition) is 2. The first-order valence-electron chi connectivity index (χ1n) is 8.49. The van der Waals surface area contributed by atoms with Crippen LogP contribution in [-0.2, 0) is 6.42 Å². The summed E-state index contributed by atoms with van der Waals surface area (Å²) in [6, 6.07) is 3.85. The Labute approximate surface area is 168 Å². The highest BCUT2D eigenvalue weighted by molar-refractivity contribution is 14.0.